The molecule has 0 aromatic carbocycles. The molecule has 2 heterocycles. The van der Waals surface area contributed by atoms with Gasteiger partial charge in [-0.15, -0.1) is 0 Å². The van der Waals surface area contributed by atoms with Crippen LogP contribution in [0.4, 0.5) is 5.95 Å². The van der Waals surface area contributed by atoms with Crippen LogP contribution in [0.1, 0.15) is 31.9 Å². The van der Waals surface area contributed by atoms with Crippen molar-refractivity contribution in [3.8, 4) is 0 Å². The highest BCUT2D eigenvalue weighted by Crippen LogP contribution is 2.39. The number of hydrogen-bond acceptors (Lipinski definition) is 4. The van der Waals surface area contributed by atoms with Crippen LogP contribution in [-0.2, 0) is 11.3 Å². The molecule has 1 aliphatic rings. The summed E-state index contributed by atoms with van der Waals surface area (Å²) >= 11 is 2.09. The van der Waals surface area contributed by atoms with Crippen LogP contribution in [0.2, 0.25) is 0 Å². The molecule has 0 spiro atoms. The first kappa shape index (κ1) is 14.7. The lowest BCUT2D eigenvalue weighted by atomic mass is 10.1. The molecular formula is C14H25N3OS. The van der Waals surface area contributed by atoms with Crippen LogP contribution in [0.3, 0.4) is 0 Å². The van der Waals surface area contributed by atoms with Gasteiger partial charge >= 0.3 is 0 Å². The first-order valence-electron chi connectivity index (χ1n) is 7.03. The second-order valence-corrected chi connectivity index (χ2v) is 7.19. The van der Waals surface area contributed by atoms with Crippen molar-refractivity contribution in [3.05, 3.63) is 11.9 Å². The summed E-state index contributed by atoms with van der Waals surface area (Å²) in [6.45, 7) is 7.18. The third-order valence-electron chi connectivity index (χ3n) is 3.51. The fraction of sp³-hybridized carbons (Fsp3) is 0.786. The Labute approximate surface area is 120 Å². The maximum Gasteiger partial charge on any atom is 0.203 e. The zero-order chi connectivity index (χ0) is 13.7. The van der Waals surface area contributed by atoms with Gasteiger partial charge in [-0.2, -0.15) is 11.8 Å². The van der Waals surface area contributed by atoms with Crippen molar-refractivity contribution in [1.82, 2.24) is 9.55 Å². The molecule has 19 heavy (non-hydrogen) atoms. The zero-order valence-corrected chi connectivity index (χ0v) is 13.1. The first-order valence-corrected chi connectivity index (χ1v) is 8.02. The molecule has 4 nitrogen and oxygen atoms in total. The maximum absolute atomic E-state index is 5.07. The lowest BCUT2D eigenvalue weighted by molar-refractivity contribution is 0.197. The Morgan fingerprint density at radius 2 is 2.42 bits per heavy atom. The number of methoxy groups -OCH3 is 1. The highest BCUT2D eigenvalue weighted by Gasteiger charge is 2.30. The summed E-state index contributed by atoms with van der Waals surface area (Å²) in [5.74, 6) is 2.29. The van der Waals surface area contributed by atoms with Crippen molar-refractivity contribution in [2.24, 2.45) is 0 Å². The number of thioether (sulfide) groups is 1. The third-order valence-corrected chi connectivity index (χ3v) is 5.03. The van der Waals surface area contributed by atoms with E-state index in [2.05, 4.69) is 46.7 Å². The van der Waals surface area contributed by atoms with Gasteiger partial charge in [-0.25, -0.2) is 4.98 Å². The van der Waals surface area contributed by atoms with E-state index in [1.807, 2.05) is 0 Å². The average Bonchev–Trinajstić information content (AvgIpc) is 2.92. The molecule has 0 radical (unpaired) electrons. The Hall–Kier alpha value is -0.680. The summed E-state index contributed by atoms with van der Waals surface area (Å²) in [4.78, 5) is 4.58. The number of aryl methyl sites for hydroxylation is 1. The SMILES string of the molecule is COCCCNc1nc(C)cn1CC1(C)CCCS1. The molecule has 108 valence electrons. The van der Waals surface area contributed by atoms with Gasteiger partial charge in [0.1, 0.15) is 0 Å². The minimum Gasteiger partial charge on any atom is -0.385 e. The molecule has 0 bridgehead atoms. The number of nitrogens with zero attached hydrogens (tertiary/aromatic N) is 2. The average molecular weight is 283 g/mol. The van der Waals surface area contributed by atoms with Crippen LogP contribution in [0.5, 0.6) is 0 Å². The molecule has 0 saturated carbocycles. The number of nitrogens with one attached hydrogen (secondary N) is 1. The minimum absolute atomic E-state index is 0.371. The summed E-state index contributed by atoms with van der Waals surface area (Å²) in [6, 6.07) is 0. The number of anilines is 1. The molecule has 1 aromatic rings. The van der Waals surface area contributed by atoms with Gasteiger partial charge in [0, 0.05) is 37.8 Å². The van der Waals surface area contributed by atoms with Crippen molar-refractivity contribution in [1.29, 1.82) is 0 Å². The molecule has 0 amide bonds. The van der Waals surface area contributed by atoms with Crippen LogP contribution in [0.25, 0.3) is 0 Å². The molecule has 1 aromatic heterocycles. The topological polar surface area (TPSA) is 39.1 Å². The van der Waals surface area contributed by atoms with E-state index in [1.165, 1.54) is 18.6 Å². The predicted molar refractivity (Wildman–Crippen MR) is 82.0 cm³/mol. The molecule has 1 N–H and O–H groups in total. The summed E-state index contributed by atoms with van der Waals surface area (Å²) in [6.07, 6.45) is 5.81. The van der Waals surface area contributed by atoms with Crippen LogP contribution in [-0.4, -0.2) is 40.3 Å². The van der Waals surface area contributed by atoms with Crippen molar-refractivity contribution in [2.45, 2.75) is 44.4 Å². The smallest absolute Gasteiger partial charge is 0.203 e. The number of aromatic nitrogens is 2. The molecule has 0 aliphatic carbocycles. The van der Waals surface area contributed by atoms with Gasteiger partial charge in [-0.1, -0.05) is 0 Å². The lowest BCUT2D eigenvalue weighted by Gasteiger charge is -2.24. The second-order valence-electron chi connectivity index (χ2n) is 5.51. The molecular weight excluding hydrogens is 258 g/mol. The Morgan fingerprint density at radius 1 is 1.58 bits per heavy atom. The lowest BCUT2D eigenvalue weighted by Crippen LogP contribution is -2.24. The molecule has 5 heteroatoms. The zero-order valence-electron chi connectivity index (χ0n) is 12.2. The van der Waals surface area contributed by atoms with Crippen LogP contribution >= 0.6 is 11.8 Å². The van der Waals surface area contributed by atoms with Crippen LogP contribution in [0.15, 0.2) is 6.20 Å². The monoisotopic (exact) mass is 283 g/mol. The molecule has 1 aliphatic heterocycles. The van der Waals surface area contributed by atoms with Gasteiger partial charge in [0.2, 0.25) is 5.95 Å². The first-order chi connectivity index (χ1) is 9.13. The molecule has 1 unspecified atom stereocenters. The Morgan fingerprint density at radius 3 is 3.11 bits per heavy atom. The van der Waals surface area contributed by atoms with Gasteiger partial charge < -0.3 is 14.6 Å². The predicted octanol–water partition coefficient (Wildman–Crippen LogP) is 2.93. The summed E-state index contributed by atoms with van der Waals surface area (Å²) in [5, 5.41) is 3.42. The fourth-order valence-electron chi connectivity index (χ4n) is 2.55. The largest absolute Gasteiger partial charge is 0.385 e. The summed E-state index contributed by atoms with van der Waals surface area (Å²) in [5.41, 5.74) is 1.08. The molecule has 1 saturated heterocycles. The van der Waals surface area contributed by atoms with Gasteiger partial charge in [0.25, 0.3) is 0 Å². The molecule has 1 fully saturated rings. The number of ether oxygens (including phenoxy) is 1. The van der Waals surface area contributed by atoms with Gasteiger partial charge in [-0.05, 0) is 38.9 Å². The third kappa shape index (κ3) is 4.14. The van der Waals surface area contributed by atoms with E-state index in [0.717, 1.165) is 37.8 Å². The Bertz CT molecular complexity index is 399. The van der Waals surface area contributed by atoms with E-state index < -0.39 is 0 Å². The standard InChI is InChI=1S/C14H25N3OS/c1-12-10-17(11-14(2)6-4-9-19-14)13(16-12)15-7-5-8-18-3/h10H,4-9,11H2,1-3H3,(H,15,16). The van der Waals surface area contributed by atoms with E-state index in [-0.39, 0.29) is 0 Å². The van der Waals surface area contributed by atoms with E-state index in [1.54, 1.807) is 7.11 Å². The van der Waals surface area contributed by atoms with E-state index >= 15 is 0 Å². The van der Waals surface area contributed by atoms with Crippen LogP contribution < -0.4 is 5.32 Å². The highest BCUT2D eigenvalue weighted by molar-refractivity contribution is 8.00. The fourth-order valence-corrected chi connectivity index (χ4v) is 3.85. The second kappa shape index (κ2) is 6.66. The highest BCUT2D eigenvalue weighted by atomic mass is 32.2. The number of hydrogen-bond donors (Lipinski definition) is 1. The van der Waals surface area contributed by atoms with E-state index in [0.29, 0.717) is 4.75 Å². The normalized spacial score (nSPS) is 22.9. The van der Waals surface area contributed by atoms with E-state index in [4.69, 9.17) is 4.74 Å². The quantitative estimate of drug-likeness (QED) is 0.781. The Kier molecular flexibility index (Phi) is 5.16. The van der Waals surface area contributed by atoms with Crippen molar-refractivity contribution >= 4 is 17.7 Å². The van der Waals surface area contributed by atoms with E-state index in [9.17, 15) is 0 Å². The number of rotatable bonds is 7. The van der Waals surface area contributed by atoms with Crippen molar-refractivity contribution in [2.75, 3.05) is 31.3 Å². The van der Waals surface area contributed by atoms with Gasteiger partial charge in [-0.3, -0.25) is 0 Å². The summed E-state index contributed by atoms with van der Waals surface area (Å²) < 4.78 is 7.72. The summed E-state index contributed by atoms with van der Waals surface area (Å²) in [7, 11) is 1.74. The Balaban J connectivity index is 1.95. The van der Waals surface area contributed by atoms with Crippen molar-refractivity contribution < 1.29 is 4.74 Å². The molecule has 1 atom stereocenters. The van der Waals surface area contributed by atoms with Gasteiger partial charge in [0.15, 0.2) is 0 Å². The van der Waals surface area contributed by atoms with Crippen molar-refractivity contribution in [3.63, 3.8) is 0 Å². The maximum atomic E-state index is 5.07. The number of imidazole rings is 1. The minimum atomic E-state index is 0.371. The van der Waals surface area contributed by atoms with Crippen LogP contribution in [0, 0.1) is 6.92 Å². The molecule has 2 rings (SSSR count). The van der Waals surface area contributed by atoms with Gasteiger partial charge in [0.05, 0.1) is 5.69 Å².